The topological polar surface area (TPSA) is 47.0 Å². The molecule has 2 aromatic heterocycles. The summed E-state index contributed by atoms with van der Waals surface area (Å²) in [5.41, 5.74) is 4.63. The summed E-state index contributed by atoms with van der Waals surface area (Å²) in [4.78, 5) is 9.93. The maximum absolute atomic E-state index is 5.23. The summed E-state index contributed by atoms with van der Waals surface area (Å²) in [6.45, 7) is 4.42. The van der Waals surface area contributed by atoms with E-state index in [2.05, 4.69) is 58.8 Å². The zero-order chi connectivity index (χ0) is 18.8. The van der Waals surface area contributed by atoms with Gasteiger partial charge in [0.1, 0.15) is 22.7 Å². The van der Waals surface area contributed by atoms with Gasteiger partial charge in [-0.1, -0.05) is 38.1 Å². The largest absolute Gasteiger partial charge is 0.497 e. The van der Waals surface area contributed by atoms with Crippen molar-refractivity contribution in [3.05, 3.63) is 65.8 Å². The molecule has 0 unspecified atom stereocenters. The molecular weight excluding hydrogens is 390 g/mol. The normalized spacial score (nSPS) is 10.7. The van der Waals surface area contributed by atoms with E-state index in [-0.39, 0.29) is 12.4 Å². The number of benzene rings is 2. The number of nitrogens with one attached hydrogen (secondary N) is 1. The number of ether oxygens (including phenoxy) is 1. The zero-order valence-corrected chi connectivity index (χ0v) is 17.6. The number of hydrogen-bond donors (Lipinski definition) is 1. The van der Waals surface area contributed by atoms with E-state index in [1.165, 1.54) is 11.1 Å². The van der Waals surface area contributed by atoms with E-state index in [0.717, 1.165) is 33.0 Å². The van der Waals surface area contributed by atoms with Crippen LogP contribution in [-0.4, -0.2) is 17.1 Å². The van der Waals surface area contributed by atoms with Gasteiger partial charge in [0.05, 0.1) is 12.5 Å². The van der Waals surface area contributed by atoms with Crippen LogP contribution in [0.25, 0.3) is 21.3 Å². The van der Waals surface area contributed by atoms with Crippen LogP contribution in [0.1, 0.15) is 25.3 Å². The number of rotatable bonds is 5. The van der Waals surface area contributed by atoms with Crippen molar-refractivity contribution in [3.63, 3.8) is 0 Å². The van der Waals surface area contributed by atoms with Crippen LogP contribution in [0.2, 0.25) is 0 Å². The molecule has 4 nitrogen and oxygen atoms in total. The van der Waals surface area contributed by atoms with Gasteiger partial charge in [-0.2, -0.15) is 0 Å². The fourth-order valence-electron chi connectivity index (χ4n) is 3.04. The molecule has 6 heteroatoms. The highest BCUT2D eigenvalue weighted by Crippen LogP contribution is 2.37. The Morgan fingerprint density at radius 2 is 1.68 bits per heavy atom. The maximum Gasteiger partial charge on any atom is 0.143 e. The van der Waals surface area contributed by atoms with E-state index in [1.807, 2.05) is 24.3 Å². The SMILES string of the molecule is COc1ccc(Nc2ncnc3scc(-c4ccc(C(C)C)cc4)c23)cc1.Cl. The fourth-order valence-corrected chi connectivity index (χ4v) is 3.96. The smallest absolute Gasteiger partial charge is 0.143 e. The molecule has 0 aliphatic heterocycles. The minimum Gasteiger partial charge on any atom is -0.497 e. The van der Waals surface area contributed by atoms with Crippen LogP contribution in [0, 0.1) is 0 Å². The number of fused-ring (bicyclic) bond motifs is 1. The summed E-state index contributed by atoms with van der Waals surface area (Å²) >= 11 is 1.64. The Labute approximate surface area is 175 Å². The van der Waals surface area contributed by atoms with Crippen LogP contribution in [0.5, 0.6) is 5.75 Å². The average Bonchev–Trinajstić information content (AvgIpc) is 3.14. The number of anilines is 2. The first-order chi connectivity index (χ1) is 13.2. The van der Waals surface area contributed by atoms with E-state index in [1.54, 1.807) is 24.8 Å². The number of thiophene rings is 1. The third kappa shape index (κ3) is 3.96. The van der Waals surface area contributed by atoms with Gasteiger partial charge in [0.25, 0.3) is 0 Å². The molecule has 0 saturated carbocycles. The predicted octanol–water partition coefficient (Wildman–Crippen LogP) is 6.66. The van der Waals surface area contributed by atoms with Gasteiger partial charge >= 0.3 is 0 Å². The summed E-state index contributed by atoms with van der Waals surface area (Å²) in [6.07, 6.45) is 1.61. The van der Waals surface area contributed by atoms with E-state index >= 15 is 0 Å². The Hall–Kier alpha value is -2.63. The lowest BCUT2D eigenvalue weighted by molar-refractivity contribution is 0.415. The zero-order valence-electron chi connectivity index (χ0n) is 16.0. The number of nitrogens with zero attached hydrogens (tertiary/aromatic N) is 2. The number of hydrogen-bond acceptors (Lipinski definition) is 5. The molecule has 144 valence electrons. The molecule has 2 heterocycles. The molecule has 1 N–H and O–H groups in total. The first kappa shape index (κ1) is 20.1. The summed E-state index contributed by atoms with van der Waals surface area (Å²) in [6, 6.07) is 16.6. The molecule has 0 saturated heterocycles. The Morgan fingerprint density at radius 3 is 2.32 bits per heavy atom. The van der Waals surface area contributed by atoms with Gasteiger partial charge in [0, 0.05) is 16.6 Å². The lowest BCUT2D eigenvalue weighted by atomic mass is 9.99. The molecule has 0 aliphatic carbocycles. The number of methoxy groups -OCH3 is 1. The van der Waals surface area contributed by atoms with Crippen molar-refractivity contribution >= 4 is 45.5 Å². The Balaban J connectivity index is 0.00000225. The van der Waals surface area contributed by atoms with Gasteiger partial charge in [-0.05, 0) is 41.3 Å². The van der Waals surface area contributed by atoms with Gasteiger partial charge in [-0.15, -0.1) is 23.7 Å². The van der Waals surface area contributed by atoms with Crippen molar-refractivity contribution in [2.75, 3.05) is 12.4 Å². The van der Waals surface area contributed by atoms with Gasteiger partial charge in [-0.3, -0.25) is 0 Å². The van der Waals surface area contributed by atoms with Gasteiger partial charge in [0.15, 0.2) is 0 Å². The molecule has 4 rings (SSSR count). The standard InChI is InChI=1S/C22H21N3OS.ClH/c1-14(2)15-4-6-16(7-5-15)19-12-27-22-20(19)21(23-13-24-22)25-17-8-10-18(26-3)11-9-17;/h4-14H,1-3H3,(H,23,24,25);1H. The minimum atomic E-state index is 0. The molecule has 0 spiro atoms. The van der Waals surface area contributed by atoms with Crippen LogP contribution >= 0.6 is 23.7 Å². The highest BCUT2D eigenvalue weighted by Gasteiger charge is 2.13. The monoisotopic (exact) mass is 411 g/mol. The number of halogens is 1. The molecule has 4 aromatic rings. The minimum absolute atomic E-state index is 0. The fraction of sp³-hybridized carbons (Fsp3) is 0.182. The van der Waals surface area contributed by atoms with Crippen molar-refractivity contribution in [1.82, 2.24) is 9.97 Å². The van der Waals surface area contributed by atoms with E-state index < -0.39 is 0 Å². The highest BCUT2D eigenvalue weighted by atomic mass is 35.5. The summed E-state index contributed by atoms with van der Waals surface area (Å²) < 4.78 is 5.23. The molecule has 0 atom stereocenters. The van der Waals surface area contributed by atoms with Crippen molar-refractivity contribution < 1.29 is 4.74 Å². The molecule has 28 heavy (non-hydrogen) atoms. The van der Waals surface area contributed by atoms with Crippen LogP contribution in [0.15, 0.2) is 60.2 Å². The lowest BCUT2D eigenvalue weighted by Crippen LogP contribution is -1.95. The Bertz CT molecular complexity index is 1060. The van der Waals surface area contributed by atoms with E-state index in [9.17, 15) is 0 Å². The number of aromatic nitrogens is 2. The average molecular weight is 412 g/mol. The van der Waals surface area contributed by atoms with E-state index in [4.69, 9.17) is 4.74 Å². The predicted molar refractivity (Wildman–Crippen MR) is 120 cm³/mol. The summed E-state index contributed by atoms with van der Waals surface area (Å²) in [5.74, 6) is 2.16. The Kier molecular flexibility index (Phi) is 6.17. The van der Waals surface area contributed by atoms with Crippen molar-refractivity contribution in [2.24, 2.45) is 0 Å². The highest BCUT2D eigenvalue weighted by molar-refractivity contribution is 7.17. The molecule has 0 amide bonds. The molecule has 0 bridgehead atoms. The van der Waals surface area contributed by atoms with Crippen LogP contribution in [0.3, 0.4) is 0 Å². The third-order valence-corrected chi connectivity index (χ3v) is 5.50. The Morgan fingerprint density at radius 1 is 0.964 bits per heavy atom. The van der Waals surface area contributed by atoms with Crippen LogP contribution in [0.4, 0.5) is 11.5 Å². The molecule has 0 fully saturated rings. The maximum atomic E-state index is 5.23. The van der Waals surface area contributed by atoms with E-state index in [0.29, 0.717) is 5.92 Å². The summed E-state index contributed by atoms with van der Waals surface area (Å²) in [7, 11) is 1.67. The molecular formula is C22H22ClN3OS. The second kappa shape index (κ2) is 8.59. The van der Waals surface area contributed by atoms with Crippen molar-refractivity contribution in [3.8, 4) is 16.9 Å². The third-order valence-electron chi connectivity index (χ3n) is 4.61. The van der Waals surface area contributed by atoms with Crippen LogP contribution < -0.4 is 10.1 Å². The van der Waals surface area contributed by atoms with Gasteiger partial charge in [-0.25, -0.2) is 9.97 Å². The molecule has 0 aliphatic rings. The lowest BCUT2D eigenvalue weighted by Gasteiger charge is -2.10. The second-order valence-corrected chi connectivity index (χ2v) is 7.54. The van der Waals surface area contributed by atoms with Gasteiger partial charge in [0.2, 0.25) is 0 Å². The molecule has 0 radical (unpaired) electrons. The van der Waals surface area contributed by atoms with Gasteiger partial charge < -0.3 is 10.1 Å². The second-order valence-electron chi connectivity index (χ2n) is 6.68. The first-order valence-electron chi connectivity index (χ1n) is 8.89. The first-order valence-corrected chi connectivity index (χ1v) is 9.77. The molecule has 2 aromatic carbocycles. The van der Waals surface area contributed by atoms with Crippen molar-refractivity contribution in [1.29, 1.82) is 0 Å². The summed E-state index contributed by atoms with van der Waals surface area (Å²) in [5, 5.41) is 6.63. The van der Waals surface area contributed by atoms with Crippen LogP contribution in [-0.2, 0) is 0 Å². The quantitative estimate of drug-likeness (QED) is 0.399. The van der Waals surface area contributed by atoms with Crippen molar-refractivity contribution in [2.45, 2.75) is 19.8 Å².